The lowest BCUT2D eigenvalue weighted by Gasteiger charge is -2.13. The number of halogens is 1. The van der Waals surface area contributed by atoms with E-state index in [4.69, 9.17) is 17.0 Å². The number of hydrogen-bond acceptors (Lipinski definition) is 5. The van der Waals surface area contributed by atoms with Crippen LogP contribution in [0.5, 0.6) is 5.75 Å². The van der Waals surface area contributed by atoms with Crippen molar-refractivity contribution in [2.24, 2.45) is 0 Å². The third-order valence-electron chi connectivity index (χ3n) is 4.26. The molecule has 0 atom stereocenters. The lowest BCUT2D eigenvalue weighted by Crippen LogP contribution is -2.34. The number of thiocarbonyl (C=S) groups is 1. The molecule has 3 aromatic carbocycles. The monoisotopic (exact) mass is 439 g/mol. The predicted molar refractivity (Wildman–Crippen MR) is 119 cm³/mol. The van der Waals surface area contributed by atoms with Crippen LogP contribution in [0, 0.1) is 15.9 Å². The van der Waals surface area contributed by atoms with E-state index in [0.29, 0.717) is 18.8 Å². The first-order valence-electron chi connectivity index (χ1n) is 9.26. The smallest absolute Gasteiger partial charge is 0.271 e. The fourth-order valence-corrected chi connectivity index (χ4v) is 2.95. The van der Waals surface area contributed by atoms with Crippen molar-refractivity contribution in [1.82, 2.24) is 5.32 Å². The topological polar surface area (TPSA) is 93.5 Å². The van der Waals surface area contributed by atoms with Crippen molar-refractivity contribution >= 4 is 34.6 Å². The van der Waals surface area contributed by atoms with E-state index in [0.717, 1.165) is 23.8 Å². The van der Waals surface area contributed by atoms with Gasteiger partial charge in [0.15, 0.2) is 5.11 Å². The maximum Gasteiger partial charge on any atom is 0.271 e. The van der Waals surface area contributed by atoms with Gasteiger partial charge < -0.3 is 10.1 Å². The Morgan fingerprint density at radius 1 is 1.06 bits per heavy atom. The minimum Gasteiger partial charge on any atom is -0.492 e. The van der Waals surface area contributed by atoms with E-state index in [2.05, 4.69) is 10.6 Å². The molecule has 0 radical (unpaired) electrons. The Hall–Kier alpha value is -3.85. The van der Waals surface area contributed by atoms with Crippen LogP contribution in [0.4, 0.5) is 15.8 Å². The number of ether oxygens (including phenoxy) is 1. The van der Waals surface area contributed by atoms with Gasteiger partial charge in [-0.3, -0.25) is 20.2 Å². The van der Waals surface area contributed by atoms with Gasteiger partial charge in [-0.05, 0) is 36.0 Å². The molecule has 2 N–H and O–H groups in total. The first-order chi connectivity index (χ1) is 14.9. The molecule has 0 aliphatic carbocycles. The number of carbonyl (C=O) groups excluding carboxylic acids is 1. The molecule has 1 amide bonds. The van der Waals surface area contributed by atoms with E-state index < -0.39 is 16.6 Å². The Morgan fingerprint density at radius 3 is 2.52 bits per heavy atom. The highest BCUT2D eigenvalue weighted by Crippen LogP contribution is 2.22. The summed E-state index contributed by atoms with van der Waals surface area (Å²) < 4.78 is 19.7. The normalized spacial score (nSPS) is 10.2. The van der Waals surface area contributed by atoms with Gasteiger partial charge in [0.1, 0.15) is 11.6 Å². The second-order valence-corrected chi connectivity index (χ2v) is 6.82. The van der Waals surface area contributed by atoms with Crippen LogP contribution in [-0.4, -0.2) is 22.5 Å². The van der Waals surface area contributed by atoms with Crippen molar-refractivity contribution < 1.29 is 18.8 Å². The van der Waals surface area contributed by atoms with Gasteiger partial charge in [0.2, 0.25) is 0 Å². The molecule has 0 saturated heterocycles. The third kappa shape index (κ3) is 6.06. The molecule has 0 spiro atoms. The van der Waals surface area contributed by atoms with Gasteiger partial charge in [-0.25, -0.2) is 4.39 Å². The highest BCUT2D eigenvalue weighted by atomic mass is 32.1. The molecule has 0 fully saturated rings. The zero-order valence-corrected chi connectivity index (χ0v) is 17.0. The second kappa shape index (κ2) is 10.3. The highest BCUT2D eigenvalue weighted by molar-refractivity contribution is 7.80. The SMILES string of the molecule is O=C(NC(=S)Nc1cc([N+](=O)[O-])ccc1F)c1ccccc1OCCc1ccccc1. The summed E-state index contributed by atoms with van der Waals surface area (Å²) >= 11 is 5.06. The molecular formula is C22H18FN3O4S. The van der Waals surface area contributed by atoms with Crippen LogP contribution in [0.15, 0.2) is 72.8 Å². The van der Waals surface area contributed by atoms with Gasteiger partial charge in [0.25, 0.3) is 11.6 Å². The van der Waals surface area contributed by atoms with Crippen LogP contribution in [-0.2, 0) is 6.42 Å². The van der Waals surface area contributed by atoms with Crippen molar-refractivity contribution in [3.63, 3.8) is 0 Å². The molecule has 0 aliphatic rings. The number of rotatable bonds is 7. The molecule has 0 aromatic heterocycles. The average molecular weight is 439 g/mol. The molecule has 31 heavy (non-hydrogen) atoms. The Labute approximate surface area is 183 Å². The minimum absolute atomic E-state index is 0.205. The quantitative estimate of drug-likeness (QED) is 0.320. The molecule has 158 valence electrons. The van der Waals surface area contributed by atoms with E-state index in [1.807, 2.05) is 30.3 Å². The Balaban J connectivity index is 1.63. The van der Waals surface area contributed by atoms with Crippen LogP contribution in [0.3, 0.4) is 0 Å². The van der Waals surface area contributed by atoms with Crippen LogP contribution in [0.1, 0.15) is 15.9 Å². The lowest BCUT2D eigenvalue weighted by molar-refractivity contribution is -0.384. The predicted octanol–water partition coefficient (Wildman–Crippen LogP) is 4.48. The number of benzene rings is 3. The largest absolute Gasteiger partial charge is 0.492 e. The fraction of sp³-hybridized carbons (Fsp3) is 0.0909. The lowest BCUT2D eigenvalue weighted by atomic mass is 10.1. The molecular weight excluding hydrogens is 421 g/mol. The molecule has 0 bridgehead atoms. The summed E-state index contributed by atoms with van der Waals surface area (Å²) in [7, 11) is 0. The number of carbonyl (C=O) groups is 1. The summed E-state index contributed by atoms with van der Waals surface area (Å²) in [4.78, 5) is 22.8. The van der Waals surface area contributed by atoms with Gasteiger partial charge in [-0.15, -0.1) is 0 Å². The molecule has 0 unspecified atom stereocenters. The molecule has 0 saturated carbocycles. The van der Waals surface area contributed by atoms with E-state index in [-0.39, 0.29) is 22.1 Å². The van der Waals surface area contributed by atoms with Crippen molar-refractivity contribution in [2.45, 2.75) is 6.42 Å². The third-order valence-corrected chi connectivity index (χ3v) is 4.46. The van der Waals surface area contributed by atoms with Crippen LogP contribution in [0.25, 0.3) is 0 Å². The summed E-state index contributed by atoms with van der Waals surface area (Å²) in [5.41, 5.74) is 0.829. The fourth-order valence-electron chi connectivity index (χ4n) is 2.75. The first kappa shape index (κ1) is 21.8. The number of amides is 1. The molecule has 0 aliphatic heterocycles. The maximum atomic E-state index is 13.9. The minimum atomic E-state index is -0.744. The zero-order chi connectivity index (χ0) is 22.2. The highest BCUT2D eigenvalue weighted by Gasteiger charge is 2.16. The molecule has 0 heterocycles. The van der Waals surface area contributed by atoms with Crippen molar-refractivity contribution in [2.75, 3.05) is 11.9 Å². The summed E-state index contributed by atoms with van der Waals surface area (Å²) in [5, 5.41) is 15.6. The molecule has 7 nitrogen and oxygen atoms in total. The number of hydrogen-bond donors (Lipinski definition) is 2. The Kier molecular flexibility index (Phi) is 7.23. The number of nitro benzene ring substituents is 1. The zero-order valence-electron chi connectivity index (χ0n) is 16.2. The first-order valence-corrected chi connectivity index (χ1v) is 9.67. The summed E-state index contributed by atoms with van der Waals surface area (Å²) in [6.07, 6.45) is 0.669. The number of non-ortho nitro benzene ring substituents is 1. The Bertz CT molecular complexity index is 1110. The van der Waals surface area contributed by atoms with Crippen LogP contribution >= 0.6 is 12.2 Å². The molecule has 9 heteroatoms. The maximum absolute atomic E-state index is 13.9. The van der Waals surface area contributed by atoms with E-state index in [1.54, 1.807) is 24.3 Å². The standard InChI is InChI=1S/C22H18FN3O4S/c23-18-11-10-16(26(28)29)14-19(18)24-22(31)25-21(27)17-8-4-5-9-20(17)30-13-12-15-6-2-1-3-7-15/h1-11,14H,12-13H2,(H2,24,25,27,31). The van der Waals surface area contributed by atoms with Crippen molar-refractivity contribution in [1.29, 1.82) is 0 Å². The van der Waals surface area contributed by atoms with Crippen LogP contribution < -0.4 is 15.4 Å². The summed E-state index contributed by atoms with van der Waals surface area (Å²) in [6, 6.07) is 19.4. The van der Waals surface area contributed by atoms with Gasteiger partial charge in [-0.1, -0.05) is 42.5 Å². The number of nitro groups is 1. The summed E-state index contributed by atoms with van der Waals surface area (Å²) in [6.45, 7) is 0.371. The number of nitrogens with one attached hydrogen (secondary N) is 2. The number of nitrogens with zero attached hydrogens (tertiary/aromatic N) is 1. The van der Waals surface area contributed by atoms with E-state index >= 15 is 0 Å². The molecule has 3 rings (SSSR count). The van der Waals surface area contributed by atoms with Gasteiger partial charge in [0.05, 0.1) is 22.8 Å². The van der Waals surface area contributed by atoms with Gasteiger partial charge in [-0.2, -0.15) is 0 Å². The molecule has 3 aromatic rings. The second-order valence-electron chi connectivity index (χ2n) is 6.41. The van der Waals surface area contributed by atoms with Gasteiger partial charge >= 0.3 is 0 Å². The average Bonchev–Trinajstić information content (AvgIpc) is 2.76. The van der Waals surface area contributed by atoms with Gasteiger partial charge in [0, 0.05) is 18.6 Å². The number of anilines is 1. The van der Waals surface area contributed by atoms with Crippen LogP contribution in [0.2, 0.25) is 0 Å². The van der Waals surface area contributed by atoms with Crippen molar-refractivity contribution in [3.8, 4) is 5.75 Å². The van der Waals surface area contributed by atoms with E-state index in [1.165, 1.54) is 0 Å². The summed E-state index contributed by atoms with van der Waals surface area (Å²) in [5.74, 6) is -0.925. The number of para-hydroxylation sites is 1. The van der Waals surface area contributed by atoms with E-state index in [9.17, 15) is 19.3 Å². The Morgan fingerprint density at radius 2 is 1.77 bits per heavy atom. The van der Waals surface area contributed by atoms with Crippen molar-refractivity contribution in [3.05, 3.63) is 99.9 Å².